The minimum atomic E-state index is -0.833. The summed E-state index contributed by atoms with van der Waals surface area (Å²) in [5.74, 6) is 1.08. The summed E-state index contributed by atoms with van der Waals surface area (Å²) in [5.41, 5.74) is 9.25. The van der Waals surface area contributed by atoms with Gasteiger partial charge in [0.25, 0.3) is 0 Å². The molecule has 0 spiro atoms. The van der Waals surface area contributed by atoms with Crippen molar-refractivity contribution < 1.29 is 9.53 Å². The molecule has 1 aliphatic carbocycles. The predicted octanol–water partition coefficient (Wildman–Crippen LogP) is 10.9. The first kappa shape index (κ1) is 40.3. The van der Waals surface area contributed by atoms with E-state index >= 15 is 4.79 Å². The summed E-state index contributed by atoms with van der Waals surface area (Å²) in [6, 6.07) is 21.1. The van der Waals surface area contributed by atoms with Gasteiger partial charge in [0, 0.05) is 56.3 Å². The fraction of sp³-hybridized carbons (Fsp3) is 0.587. The number of carbonyl (C=O) groups excluding carboxylic acids is 1. The van der Waals surface area contributed by atoms with E-state index in [9.17, 15) is 0 Å². The van der Waals surface area contributed by atoms with E-state index < -0.39 is 10.8 Å². The molecule has 0 saturated heterocycles. The summed E-state index contributed by atoms with van der Waals surface area (Å²) in [4.78, 5) is 22.8. The van der Waals surface area contributed by atoms with Crippen molar-refractivity contribution in [1.82, 2.24) is 0 Å². The van der Waals surface area contributed by atoms with Crippen LogP contribution in [-0.4, -0.2) is 51.8 Å². The van der Waals surface area contributed by atoms with E-state index in [1.165, 1.54) is 50.4 Å². The van der Waals surface area contributed by atoms with Crippen molar-refractivity contribution in [3.8, 4) is 0 Å². The van der Waals surface area contributed by atoms with Crippen LogP contribution in [0.15, 0.2) is 54.6 Å². The molecule has 0 unspecified atom stereocenters. The van der Waals surface area contributed by atoms with Crippen LogP contribution in [0.4, 0.5) is 17.1 Å². The molecule has 1 aliphatic rings. The van der Waals surface area contributed by atoms with Crippen molar-refractivity contribution >= 4 is 23.0 Å². The second-order valence-electron chi connectivity index (χ2n) is 15.1. The molecule has 0 N–H and O–H groups in total. The van der Waals surface area contributed by atoms with Crippen LogP contribution in [0.1, 0.15) is 121 Å². The lowest BCUT2D eigenvalue weighted by molar-refractivity contribution is -0.162. The van der Waals surface area contributed by atoms with Gasteiger partial charge in [-0.15, -0.1) is 0 Å². The van der Waals surface area contributed by atoms with Crippen LogP contribution in [0.25, 0.3) is 0 Å². The van der Waals surface area contributed by atoms with Gasteiger partial charge in [0.2, 0.25) is 0 Å². The molecule has 0 atom stereocenters. The van der Waals surface area contributed by atoms with Crippen LogP contribution in [0.3, 0.4) is 0 Å². The molecular weight excluding hydrogens is 627 g/mol. The highest BCUT2D eigenvalue weighted by atomic mass is 16.5. The minimum absolute atomic E-state index is 0.0554. The second kappa shape index (κ2) is 17.4. The van der Waals surface area contributed by atoms with Gasteiger partial charge in [-0.2, -0.15) is 0 Å². The Morgan fingerprint density at radius 3 is 1.25 bits per heavy atom. The van der Waals surface area contributed by atoms with Gasteiger partial charge >= 0.3 is 5.97 Å². The third-order valence-electron chi connectivity index (χ3n) is 12.5. The van der Waals surface area contributed by atoms with E-state index in [-0.39, 0.29) is 5.97 Å². The van der Waals surface area contributed by atoms with Crippen molar-refractivity contribution in [3.63, 3.8) is 0 Å². The second-order valence-corrected chi connectivity index (χ2v) is 15.1. The lowest BCUT2D eigenvalue weighted by Gasteiger charge is -2.55. The topological polar surface area (TPSA) is 36.0 Å². The number of benzene rings is 3. The summed E-state index contributed by atoms with van der Waals surface area (Å²) in [6.07, 6.45) is 3.54. The van der Waals surface area contributed by atoms with Crippen LogP contribution in [0, 0.1) is 38.0 Å². The average molecular weight is 696 g/mol. The number of esters is 1. The first-order valence-electron chi connectivity index (χ1n) is 20.2. The van der Waals surface area contributed by atoms with Crippen LogP contribution in [0.5, 0.6) is 0 Å². The van der Waals surface area contributed by atoms with Gasteiger partial charge in [0.15, 0.2) is 0 Å². The summed E-state index contributed by atoms with van der Waals surface area (Å²) in [7, 11) is 0. The first-order valence-corrected chi connectivity index (χ1v) is 20.2. The van der Waals surface area contributed by atoms with Gasteiger partial charge in [0.1, 0.15) is 0 Å². The van der Waals surface area contributed by atoms with E-state index in [4.69, 9.17) is 4.74 Å². The highest BCUT2D eigenvalue weighted by Crippen LogP contribution is 2.62. The maximum Gasteiger partial charge on any atom is 0.313 e. The molecule has 0 heterocycles. The number of aryl methyl sites for hydroxylation is 3. The number of hydrogen-bond donors (Lipinski definition) is 0. The molecular formula is C46H69N3O2. The number of nitrogens with zero attached hydrogens (tertiary/aromatic N) is 3. The van der Waals surface area contributed by atoms with Crippen molar-refractivity contribution in [3.05, 3.63) is 88.0 Å². The summed E-state index contributed by atoms with van der Waals surface area (Å²) in [6.45, 7) is 32.7. The molecule has 0 radical (unpaired) electrons. The number of hydrogen-bond acceptors (Lipinski definition) is 5. The molecule has 5 nitrogen and oxygen atoms in total. The molecule has 51 heavy (non-hydrogen) atoms. The zero-order chi connectivity index (χ0) is 37.5. The highest BCUT2D eigenvalue weighted by molar-refractivity contribution is 5.85. The van der Waals surface area contributed by atoms with Crippen LogP contribution in [-0.2, 0) is 14.9 Å². The first-order chi connectivity index (χ1) is 24.4. The Labute approximate surface area is 311 Å². The van der Waals surface area contributed by atoms with Crippen molar-refractivity contribution in [2.75, 3.05) is 60.6 Å². The molecule has 4 rings (SSSR count). The lowest BCUT2D eigenvalue weighted by Crippen LogP contribution is -2.56. The number of rotatable bonds is 16. The minimum Gasteiger partial charge on any atom is -0.466 e. The molecule has 3 aromatic rings. The van der Waals surface area contributed by atoms with E-state index in [0.29, 0.717) is 18.4 Å². The lowest BCUT2D eigenvalue weighted by atomic mass is 9.47. The number of carbonyl (C=O) groups is 1. The Morgan fingerprint density at radius 2 is 0.980 bits per heavy atom. The average Bonchev–Trinajstić information content (AvgIpc) is 3.13. The SMILES string of the molecule is CCOC(=O)C1(C(c2cc(N(CC)CC)ccc2C)(c2cc(N(CC)CC)ccc2C)c2cc(N(CC)CC)ccc2C)CCC(C(C)C)CC1. The Balaban J connectivity index is 2.37. The monoisotopic (exact) mass is 696 g/mol. The molecule has 5 heteroatoms. The number of anilines is 3. The standard InChI is InChI=1S/C46H69N3O2/c1-13-47(14-2)38-23-20-34(10)41(30-38)46(42-31-39(24-21-35(42)11)48(15-3)16-4,43-32-40(25-22-36(43)12)49(17-5)18-6)45(44(50)51-19-7)28-26-37(27-29-45)33(8)9/h20-25,30-33,37H,13-19,26-29H2,1-12H3. The third kappa shape index (κ3) is 7.42. The van der Waals surface area contributed by atoms with Crippen molar-refractivity contribution in [1.29, 1.82) is 0 Å². The van der Waals surface area contributed by atoms with Gasteiger partial charge in [-0.1, -0.05) is 32.0 Å². The van der Waals surface area contributed by atoms with Gasteiger partial charge in [-0.3, -0.25) is 4.79 Å². The maximum absolute atomic E-state index is 15.4. The Morgan fingerprint density at radius 1 is 0.647 bits per heavy atom. The third-order valence-corrected chi connectivity index (χ3v) is 12.5. The summed E-state index contributed by atoms with van der Waals surface area (Å²) in [5, 5.41) is 0. The predicted molar refractivity (Wildman–Crippen MR) is 220 cm³/mol. The molecule has 0 aliphatic heterocycles. The molecule has 0 amide bonds. The zero-order valence-electron chi connectivity index (χ0n) is 34.3. The molecule has 280 valence electrons. The van der Waals surface area contributed by atoms with Crippen molar-refractivity contribution in [2.24, 2.45) is 17.3 Å². The molecule has 0 bridgehead atoms. The highest BCUT2D eigenvalue weighted by Gasteiger charge is 2.62. The van der Waals surface area contributed by atoms with E-state index in [0.717, 1.165) is 65.0 Å². The normalized spacial score (nSPS) is 17.8. The zero-order valence-corrected chi connectivity index (χ0v) is 34.3. The van der Waals surface area contributed by atoms with Crippen molar-refractivity contribution in [2.45, 2.75) is 114 Å². The Hall–Kier alpha value is -3.47. The summed E-state index contributed by atoms with van der Waals surface area (Å²) >= 11 is 0. The van der Waals surface area contributed by atoms with Gasteiger partial charge in [-0.25, -0.2) is 0 Å². The van der Waals surface area contributed by atoms with Gasteiger partial charge < -0.3 is 19.4 Å². The van der Waals surface area contributed by atoms with Crippen LogP contribution >= 0.6 is 0 Å². The van der Waals surface area contributed by atoms with E-state index in [1.54, 1.807) is 0 Å². The van der Waals surface area contributed by atoms with E-state index in [2.05, 4.69) is 145 Å². The Bertz CT molecular complexity index is 1440. The fourth-order valence-corrected chi connectivity index (χ4v) is 9.41. The van der Waals surface area contributed by atoms with Crippen LogP contribution < -0.4 is 14.7 Å². The quantitative estimate of drug-likeness (QED) is 0.110. The molecule has 3 aromatic carbocycles. The molecule has 1 fully saturated rings. The van der Waals surface area contributed by atoms with E-state index in [1.807, 2.05) is 6.92 Å². The number of ether oxygens (including phenoxy) is 1. The smallest absolute Gasteiger partial charge is 0.313 e. The van der Waals surface area contributed by atoms with Gasteiger partial charge in [0.05, 0.1) is 17.4 Å². The largest absolute Gasteiger partial charge is 0.466 e. The van der Waals surface area contributed by atoms with Crippen LogP contribution in [0.2, 0.25) is 0 Å². The molecule has 1 saturated carbocycles. The van der Waals surface area contributed by atoms with Gasteiger partial charge in [-0.05, 0) is 177 Å². The fourth-order valence-electron chi connectivity index (χ4n) is 9.41. The Kier molecular flexibility index (Phi) is 13.7. The summed E-state index contributed by atoms with van der Waals surface area (Å²) < 4.78 is 6.36. The molecule has 0 aromatic heterocycles. The maximum atomic E-state index is 15.4.